The highest BCUT2D eigenvalue weighted by atomic mass is 19.4. The van der Waals surface area contributed by atoms with Crippen molar-refractivity contribution in [3.05, 3.63) is 0 Å². The van der Waals surface area contributed by atoms with Gasteiger partial charge in [-0.1, -0.05) is 19.8 Å². The van der Waals surface area contributed by atoms with E-state index in [0.717, 1.165) is 17.7 Å². The summed E-state index contributed by atoms with van der Waals surface area (Å²) in [5.74, 6) is -1.19. The molecule has 1 heterocycles. The summed E-state index contributed by atoms with van der Waals surface area (Å²) in [5, 5.41) is 0. The molecule has 1 amide bonds. The number of amides is 1. The lowest BCUT2D eigenvalue weighted by atomic mass is 9.92. The first kappa shape index (κ1) is 12.3. The van der Waals surface area contributed by atoms with E-state index in [-0.39, 0.29) is 13.1 Å². The van der Waals surface area contributed by atoms with Crippen molar-refractivity contribution < 1.29 is 18.0 Å². The molecule has 2 nitrogen and oxygen atoms in total. The molecule has 0 aromatic rings. The van der Waals surface area contributed by atoms with Gasteiger partial charge in [-0.2, -0.15) is 13.2 Å². The van der Waals surface area contributed by atoms with Gasteiger partial charge in [-0.05, 0) is 18.8 Å². The Hall–Kier alpha value is -0.740. The van der Waals surface area contributed by atoms with Crippen LogP contribution < -0.4 is 0 Å². The Morgan fingerprint density at radius 1 is 1.33 bits per heavy atom. The van der Waals surface area contributed by atoms with Crippen molar-refractivity contribution in [3.63, 3.8) is 0 Å². The molecule has 15 heavy (non-hydrogen) atoms. The standard InChI is InChI=1S/C10H16F3NO/c1-2-3-8-4-6-14(7-5-8)9(15)10(11,12)13/h8H,2-7H2,1H3. The fourth-order valence-corrected chi connectivity index (χ4v) is 2.01. The molecule has 1 aliphatic heterocycles. The number of likely N-dealkylation sites (tertiary alicyclic amines) is 1. The van der Waals surface area contributed by atoms with Gasteiger partial charge in [0.1, 0.15) is 0 Å². The maximum atomic E-state index is 12.1. The zero-order chi connectivity index (χ0) is 11.5. The predicted octanol–water partition coefficient (Wildman–Crippen LogP) is 2.59. The van der Waals surface area contributed by atoms with E-state index in [4.69, 9.17) is 0 Å². The molecule has 0 aromatic carbocycles. The molecule has 0 N–H and O–H groups in total. The molecule has 1 fully saturated rings. The van der Waals surface area contributed by atoms with Crippen LogP contribution in [-0.2, 0) is 4.79 Å². The lowest BCUT2D eigenvalue weighted by Crippen LogP contribution is -2.45. The highest BCUT2D eigenvalue weighted by Crippen LogP contribution is 2.25. The van der Waals surface area contributed by atoms with Crippen LogP contribution in [0.25, 0.3) is 0 Å². The third kappa shape index (κ3) is 3.39. The molecular weight excluding hydrogens is 207 g/mol. The second-order valence-electron chi connectivity index (χ2n) is 4.02. The molecule has 0 saturated carbocycles. The van der Waals surface area contributed by atoms with Gasteiger partial charge in [0.15, 0.2) is 0 Å². The van der Waals surface area contributed by atoms with Crippen LogP contribution in [0.4, 0.5) is 13.2 Å². The van der Waals surface area contributed by atoms with Crippen molar-refractivity contribution in [1.29, 1.82) is 0 Å². The maximum Gasteiger partial charge on any atom is 0.471 e. The molecular formula is C10H16F3NO. The van der Waals surface area contributed by atoms with E-state index in [1.165, 1.54) is 0 Å². The van der Waals surface area contributed by atoms with Gasteiger partial charge in [-0.15, -0.1) is 0 Å². The lowest BCUT2D eigenvalue weighted by molar-refractivity contribution is -0.186. The number of nitrogens with zero attached hydrogens (tertiary/aromatic N) is 1. The Balaban J connectivity index is 2.41. The van der Waals surface area contributed by atoms with E-state index in [0.29, 0.717) is 18.8 Å². The molecule has 0 aromatic heterocycles. The number of rotatable bonds is 2. The van der Waals surface area contributed by atoms with E-state index in [2.05, 4.69) is 6.92 Å². The Morgan fingerprint density at radius 2 is 1.87 bits per heavy atom. The largest absolute Gasteiger partial charge is 0.471 e. The van der Waals surface area contributed by atoms with Crippen LogP contribution in [0.3, 0.4) is 0 Å². The molecule has 0 atom stereocenters. The number of piperidine rings is 1. The third-order valence-electron chi connectivity index (χ3n) is 2.84. The minimum Gasteiger partial charge on any atom is -0.335 e. The van der Waals surface area contributed by atoms with Gasteiger partial charge in [0, 0.05) is 13.1 Å². The maximum absolute atomic E-state index is 12.1. The van der Waals surface area contributed by atoms with Crippen LogP contribution in [0, 0.1) is 5.92 Å². The summed E-state index contributed by atoms with van der Waals surface area (Å²) < 4.78 is 36.3. The van der Waals surface area contributed by atoms with E-state index < -0.39 is 12.1 Å². The second-order valence-corrected chi connectivity index (χ2v) is 4.02. The Morgan fingerprint density at radius 3 is 2.27 bits per heavy atom. The summed E-state index contributed by atoms with van der Waals surface area (Å²) >= 11 is 0. The number of carbonyl (C=O) groups is 1. The SMILES string of the molecule is CCCC1CCN(C(=O)C(F)(F)F)CC1. The topological polar surface area (TPSA) is 20.3 Å². The predicted molar refractivity (Wildman–Crippen MR) is 50.3 cm³/mol. The van der Waals surface area contributed by atoms with Gasteiger partial charge in [-0.25, -0.2) is 0 Å². The summed E-state index contributed by atoms with van der Waals surface area (Å²) in [6.45, 7) is 2.57. The molecule has 1 rings (SSSR count). The molecule has 0 radical (unpaired) electrons. The van der Waals surface area contributed by atoms with Gasteiger partial charge in [0.25, 0.3) is 0 Å². The van der Waals surface area contributed by atoms with Crippen LogP contribution in [0.2, 0.25) is 0 Å². The molecule has 0 bridgehead atoms. The van der Waals surface area contributed by atoms with Gasteiger partial charge in [0.2, 0.25) is 0 Å². The molecule has 0 unspecified atom stereocenters. The van der Waals surface area contributed by atoms with Crippen LogP contribution in [-0.4, -0.2) is 30.1 Å². The molecule has 5 heteroatoms. The Kier molecular flexibility index (Phi) is 3.99. The minimum atomic E-state index is -4.71. The summed E-state index contributed by atoms with van der Waals surface area (Å²) in [4.78, 5) is 11.8. The van der Waals surface area contributed by atoms with Crippen molar-refractivity contribution in [2.75, 3.05) is 13.1 Å². The fourth-order valence-electron chi connectivity index (χ4n) is 2.01. The Labute approximate surface area is 87.4 Å². The van der Waals surface area contributed by atoms with Gasteiger partial charge in [0.05, 0.1) is 0 Å². The molecule has 0 spiro atoms. The number of hydrogen-bond donors (Lipinski definition) is 0. The van der Waals surface area contributed by atoms with Gasteiger partial charge in [-0.3, -0.25) is 4.79 Å². The van der Waals surface area contributed by atoms with Crippen molar-refractivity contribution in [2.24, 2.45) is 5.92 Å². The average Bonchev–Trinajstić information content (AvgIpc) is 2.17. The zero-order valence-corrected chi connectivity index (χ0v) is 8.81. The second kappa shape index (κ2) is 4.86. The van der Waals surface area contributed by atoms with Gasteiger partial charge < -0.3 is 4.90 Å². The zero-order valence-electron chi connectivity index (χ0n) is 8.81. The van der Waals surface area contributed by atoms with E-state index in [9.17, 15) is 18.0 Å². The van der Waals surface area contributed by atoms with Crippen molar-refractivity contribution >= 4 is 5.91 Å². The van der Waals surface area contributed by atoms with E-state index in [1.54, 1.807) is 0 Å². The number of alkyl halides is 3. The minimum absolute atomic E-state index is 0.253. The number of hydrogen-bond acceptors (Lipinski definition) is 1. The molecule has 88 valence electrons. The Bertz CT molecular complexity index is 219. The summed E-state index contributed by atoms with van der Waals surface area (Å²) in [5.41, 5.74) is 0. The average molecular weight is 223 g/mol. The third-order valence-corrected chi connectivity index (χ3v) is 2.84. The van der Waals surface area contributed by atoms with Crippen molar-refractivity contribution in [2.45, 2.75) is 38.8 Å². The number of carbonyl (C=O) groups excluding carboxylic acids is 1. The lowest BCUT2D eigenvalue weighted by Gasteiger charge is -2.32. The first-order valence-corrected chi connectivity index (χ1v) is 5.31. The normalized spacial score (nSPS) is 19.3. The highest BCUT2D eigenvalue weighted by molar-refractivity contribution is 5.81. The number of halogens is 3. The molecule has 1 aliphatic rings. The van der Waals surface area contributed by atoms with E-state index >= 15 is 0 Å². The van der Waals surface area contributed by atoms with Gasteiger partial charge >= 0.3 is 12.1 Å². The molecule has 0 aliphatic carbocycles. The monoisotopic (exact) mass is 223 g/mol. The van der Waals surface area contributed by atoms with Crippen molar-refractivity contribution in [3.8, 4) is 0 Å². The van der Waals surface area contributed by atoms with Crippen molar-refractivity contribution in [1.82, 2.24) is 4.90 Å². The van der Waals surface area contributed by atoms with Crippen LogP contribution >= 0.6 is 0 Å². The summed E-state index contributed by atoms with van der Waals surface area (Å²) in [6.07, 6.45) is -1.20. The smallest absolute Gasteiger partial charge is 0.335 e. The summed E-state index contributed by atoms with van der Waals surface area (Å²) in [7, 11) is 0. The first-order chi connectivity index (χ1) is 6.95. The van der Waals surface area contributed by atoms with Crippen LogP contribution in [0.15, 0.2) is 0 Å². The van der Waals surface area contributed by atoms with E-state index in [1.807, 2.05) is 0 Å². The highest BCUT2D eigenvalue weighted by Gasteiger charge is 2.43. The summed E-state index contributed by atoms with van der Waals surface area (Å²) in [6, 6.07) is 0. The van der Waals surface area contributed by atoms with Crippen LogP contribution in [0.5, 0.6) is 0 Å². The first-order valence-electron chi connectivity index (χ1n) is 5.31. The quantitative estimate of drug-likeness (QED) is 0.704. The van der Waals surface area contributed by atoms with Crippen LogP contribution in [0.1, 0.15) is 32.6 Å². The fraction of sp³-hybridized carbons (Fsp3) is 0.900. The molecule has 1 saturated heterocycles.